The van der Waals surface area contributed by atoms with Crippen LogP contribution in [0.5, 0.6) is 0 Å². The molecule has 5 nitrogen and oxygen atoms in total. The summed E-state index contributed by atoms with van der Waals surface area (Å²) in [6, 6.07) is 0.0828. The monoisotopic (exact) mass is 424 g/mol. The minimum Gasteiger partial charge on any atom is -0.345 e. The first-order chi connectivity index (χ1) is 14.6. The van der Waals surface area contributed by atoms with Crippen LogP contribution >= 0.6 is 0 Å². The van der Waals surface area contributed by atoms with Gasteiger partial charge in [0.1, 0.15) is 6.10 Å². The number of urea groups is 1. The van der Waals surface area contributed by atoms with E-state index in [-0.39, 0.29) is 24.5 Å². The zero-order chi connectivity index (χ0) is 21.8. The molecule has 0 bridgehead atoms. The third-order valence-corrected chi connectivity index (χ3v) is 7.03. The Morgan fingerprint density at radius 2 is 1.30 bits per heavy atom. The minimum atomic E-state index is -0.0413. The number of amides is 2. The van der Waals surface area contributed by atoms with E-state index in [9.17, 15) is 4.79 Å². The maximum atomic E-state index is 12.9. The molecule has 5 unspecified atom stereocenters. The highest BCUT2D eigenvalue weighted by Crippen LogP contribution is 2.42. The summed E-state index contributed by atoms with van der Waals surface area (Å²) in [4.78, 5) is 15.0. The summed E-state index contributed by atoms with van der Waals surface area (Å²) in [5, 5.41) is 3.17. The maximum absolute atomic E-state index is 12.9. The fourth-order valence-corrected chi connectivity index (χ4v) is 4.54. The van der Waals surface area contributed by atoms with Crippen LogP contribution in [0.25, 0.3) is 0 Å². The van der Waals surface area contributed by atoms with Gasteiger partial charge in [0.15, 0.2) is 6.29 Å². The van der Waals surface area contributed by atoms with Crippen molar-refractivity contribution in [1.82, 2.24) is 10.2 Å². The maximum Gasteiger partial charge on any atom is 0.317 e. The highest BCUT2D eigenvalue weighted by Gasteiger charge is 2.53. The van der Waals surface area contributed by atoms with Gasteiger partial charge in [0.05, 0.1) is 6.10 Å². The average molecular weight is 425 g/mol. The lowest BCUT2D eigenvalue weighted by molar-refractivity contribution is -0.0569. The van der Waals surface area contributed by atoms with Crippen LogP contribution < -0.4 is 5.32 Å². The molecule has 30 heavy (non-hydrogen) atoms. The molecule has 0 spiro atoms. The molecule has 2 heterocycles. The van der Waals surface area contributed by atoms with Crippen molar-refractivity contribution in [3.05, 3.63) is 0 Å². The molecule has 176 valence electrons. The summed E-state index contributed by atoms with van der Waals surface area (Å²) in [6.07, 6.45) is 15.4. The highest BCUT2D eigenvalue weighted by atomic mass is 16.8. The van der Waals surface area contributed by atoms with Gasteiger partial charge in [-0.05, 0) is 24.7 Å². The minimum absolute atomic E-state index is 0.0413. The Labute approximate surface area is 185 Å². The summed E-state index contributed by atoms with van der Waals surface area (Å²) >= 11 is 0. The molecule has 0 aromatic rings. The van der Waals surface area contributed by atoms with Crippen molar-refractivity contribution in [2.24, 2.45) is 11.8 Å². The molecule has 2 aliphatic heterocycles. The quantitative estimate of drug-likeness (QED) is 0.240. The van der Waals surface area contributed by atoms with Crippen molar-refractivity contribution < 1.29 is 14.3 Å². The molecule has 5 heteroatoms. The second kappa shape index (κ2) is 14.3. The highest BCUT2D eigenvalue weighted by molar-refractivity contribution is 5.74. The van der Waals surface area contributed by atoms with E-state index in [1.807, 2.05) is 4.90 Å². The Kier molecular flexibility index (Phi) is 12.1. The Morgan fingerprint density at radius 1 is 0.767 bits per heavy atom. The predicted molar refractivity (Wildman–Crippen MR) is 124 cm³/mol. The predicted octanol–water partition coefficient (Wildman–Crippen LogP) is 6.11. The molecule has 0 aliphatic carbocycles. The molecule has 2 fully saturated rings. The third kappa shape index (κ3) is 8.74. The molecule has 0 aromatic carbocycles. The van der Waals surface area contributed by atoms with Gasteiger partial charge in [-0.3, -0.25) is 0 Å². The van der Waals surface area contributed by atoms with Gasteiger partial charge >= 0.3 is 6.03 Å². The summed E-state index contributed by atoms with van der Waals surface area (Å²) in [5.41, 5.74) is 0. The summed E-state index contributed by atoms with van der Waals surface area (Å²) in [5.74, 6) is 0.896. The number of carbonyl (C=O) groups is 1. The molecule has 0 saturated carbocycles. The van der Waals surface area contributed by atoms with Crippen LogP contribution in [-0.4, -0.2) is 49.1 Å². The number of fused-ring (bicyclic) bond motifs is 1. The van der Waals surface area contributed by atoms with Crippen molar-refractivity contribution >= 4 is 6.03 Å². The van der Waals surface area contributed by atoms with E-state index >= 15 is 0 Å². The van der Waals surface area contributed by atoms with Gasteiger partial charge in [-0.25, -0.2) is 4.79 Å². The van der Waals surface area contributed by atoms with Gasteiger partial charge in [-0.2, -0.15) is 0 Å². The van der Waals surface area contributed by atoms with E-state index in [2.05, 4.69) is 33.0 Å². The molecule has 2 aliphatic rings. The second-order valence-corrected chi connectivity index (χ2v) is 9.57. The fraction of sp³-hybridized carbons (Fsp3) is 0.960. The first-order valence-electron chi connectivity index (χ1n) is 12.9. The normalized spacial score (nSPS) is 27.5. The van der Waals surface area contributed by atoms with Gasteiger partial charge in [0, 0.05) is 19.6 Å². The molecule has 0 aromatic heterocycles. The Morgan fingerprint density at radius 3 is 1.87 bits per heavy atom. The van der Waals surface area contributed by atoms with E-state index in [0.717, 1.165) is 25.9 Å². The van der Waals surface area contributed by atoms with Crippen molar-refractivity contribution in [2.75, 3.05) is 19.6 Å². The second-order valence-electron chi connectivity index (χ2n) is 9.57. The number of rotatable bonds is 16. The van der Waals surface area contributed by atoms with E-state index < -0.39 is 0 Å². The SMILES string of the molecule is CCCCCCCCN(CCCCCCCC)C(=O)NCC1OC2OC2C(C)C1C. The van der Waals surface area contributed by atoms with Gasteiger partial charge in [0.2, 0.25) is 0 Å². The van der Waals surface area contributed by atoms with Gasteiger partial charge in [-0.15, -0.1) is 0 Å². The van der Waals surface area contributed by atoms with Crippen LogP contribution in [0.2, 0.25) is 0 Å². The Hall–Kier alpha value is -0.810. The van der Waals surface area contributed by atoms with Gasteiger partial charge in [-0.1, -0.05) is 91.9 Å². The molecule has 1 N–H and O–H groups in total. The summed E-state index contributed by atoms with van der Waals surface area (Å²) in [6.45, 7) is 11.3. The number of epoxide rings is 1. The zero-order valence-corrected chi connectivity index (χ0v) is 20.2. The molecule has 2 amide bonds. The third-order valence-electron chi connectivity index (χ3n) is 7.03. The van der Waals surface area contributed by atoms with Crippen LogP contribution in [-0.2, 0) is 9.47 Å². The van der Waals surface area contributed by atoms with Crippen molar-refractivity contribution in [2.45, 2.75) is 123 Å². The standard InChI is InChI=1S/C25H48N2O3/c1-5-7-9-11-13-15-17-27(18-16-14-12-10-8-6-2)25(28)26-19-22-20(3)21(4)23-24(29-22)30-23/h20-24H,5-19H2,1-4H3,(H,26,28). The molecular formula is C25H48N2O3. The van der Waals surface area contributed by atoms with Crippen LogP contribution in [0.15, 0.2) is 0 Å². The lowest BCUT2D eigenvalue weighted by Gasteiger charge is -2.32. The van der Waals surface area contributed by atoms with E-state index in [1.165, 1.54) is 64.2 Å². The van der Waals surface area contributed by atoms with E-state index in [0.29, 0.717) is 18.4 Å². The smallest absolute Gasteiger partial charge is 0.317 e. The largest absolute Gasteiger partial charge is 0.345 e. The lowest BCUT2D eigenvalue weighted by atomic mass is 9.86. The molecular weight excluding hydrogens is 376 g/mol. The van der Waals surface area contributed by atoms with Crippen LogP contribution in [0, 0.1) is 11.8 Å². The Bertz CT molecular complexity index is 457. The lowest BCUT2D eigenvalue weighted by Crippen LogP contribution is -2.48. The number of nitrogens with zero attached hydrogens (tertiary/aromatic N) is 1. The first kappa shape index (κ1) is 25.5. The molecule has 5 atom stereocenters. The first-order valence-corrected chi connectivity index (χ1v) is 12.9. The molecule has 2 saturated heterocycles. The van der Waals surface area contributed by atoms with Crippen LogP contribution in [0.4, 0.5) is 4.79 Å². The zero-order valence-electron chi connectivity index (χ0n) is 20.2. The number of unbranched alkanes of at least 4 members (excludes halogenated alkanes) is 10. The van der Waals surface area contributed by atoms with Crippen LogP contribution in [0.1, 0.15) is 105 Å². The summed E-state index contributed by atoms with van der Waals surface area (Å²) in [7, 11) is 0. The molecule has 2 rings (SSSR count). The van der Waals surface area contributed by atoms with Crippen LogP contribution in [0.3, 0.4) is 0 Å². The van der Waals surface area contributed by atoms with Crippen molar-refractivity contribution in [1.29, 1.82) is 0 Å². The number of ether oxygens (including phenoxy) is 2. The van der Waals surface area contributed by atoms with E-state index in [1.54, 1.807) is 0 Å². The molecule has 0 radical (unpaired) electrons. The van der Waals surface area contributed by atoms with Crippen molar-refractivity contribution in [3.63, 3.8) is 0 Å². The number of nitrogens with one attached hydrogen (secondary N) is 1. The van der Waals surface area contributed by atoms with E-state index in [4.69, 9.17) is 9.47 Å². The summed E-state index contributed by atoms with van der Waals surface area (Å²) < 4.78 is 11.6. The number of hydrogen-bond donors (Lipinski definition) is 1. The van der Waals surface area contributed by atoms with Gasteiger partial charge < -0.3 is 19.7 Å². The Balaban J connectivity index is 1.71. The number of carbonyl (C=O) groups excluding carboxylic acids is 1. The van der Waals surface area contributed by atoms with Gasteiger partial charge in [0.25, 0.3) is 0 Å². The van der Waals surface area contributed by atoms with Crippen molar-refractivity contribution in [3.8, 4) is 0 Å². The fourth-order valence-electron chi connectivity index (χ4n) is 4.54. The average Bonchev–Trinajstić information content (AvgIpc) is 3.52. The topological polar surface area (TPSA) is 54.1 Å². The number of hydrogen-bond acceptors (Lipinski definition) is 3.